The third kappa shape index (κ3) is 4.80. The quantitative estimate of drug-likeness (QED) is 0.836. The Morgan fingerprint density at radius 3 is 2.25 bits per heavy atom. The van der Waals surface area contributed by atoms with E-state index in [-0.39, 0.29) is 11.4 Å². The van der Waals surface area contributed by atoms with Crippen molar-refractivity contribution in [3.05, 3.63) is 11.6 Å². The van der Waals surface area contributed by atoms with Crippen LogP contribution in [-0.4, -0.2) is 62.5 Å². The Kier molecular flexibility index (Phi) is 5.94. The summed E-state index contributed by atoms with van der Waals surface area (Å²) in [5.74, 6) is 2.43. The highest BCUT2D eigenvalue weighted by Crippen LogP contribution is 2.27. The van der Waals surface area contributed by atoms with Gasteiger partial charge in [-0.15, -0.1) is 0 Å². The molecular formula is C21H36N6O. The van der Waals surface area contributed by atoms with Gasteiger partial charge in [0.25, 0.3) is 0 Å². The second-order valence-electron chi connectivity index (χ2n) is 9.58. The molecule has 2 aliphatic rings. The van der Waals surface area contributed by atoms with Crippen molar-refractivity contribution in [3.8, 4) is 0 Å². The Bertz CT molecular complexity index is 691. The second-order valence-corrected chi connectivity index (χ2v) is 9.58. The monoisotopic (exact) mass is 388 g/mol. The van der Waals surface area contributed by atoms with Gasteiger partial charge in [0.05, 0.1) is 5.54 Å². The maximum absolute atomic E-state index is 13.0. The summed E-state index contributed by atoms with van der Waals surface area (Å²) in [7, 11) is 0. The predicted octanol–water partition coefficient (Wildman–Crippen LogP) is 2.62. The fourth-order valence-corrected chi connectivity index (χ4v) is 4.86. The van der Waals surface area contributed by atoms with E-state index in [1.54, 1.807) is 0 Å². The van der Waals surface area contributed by atoms with Crippen LogP contribution in [0.15, 0.2) is 0 Å². The molecule has 1 saturated carbocycles. The molecule has 7 nitrogen and oxygen atoms in total. The molecular weight excluding hydrogens is 352 g/mol. The Hall–Kier alpha value is -1.76. The first-order chi connectivity index (χ1) is 13.1. The molecule has 28 heavy (non-hydrogen) atoms. The first kappa shape index (κ1) is 21.0. The number of carbonyl (C=O) groups excluding carboxylic acids is 1. The van der Waals surface area contributed by atoms with Crippen molar-refractivity contribution in [3.63, 3.8) is 0 Å². The molecule has 0 aromatic carbocycles. The van der Waals surface area contributed by atoms with Gasteiger partial charge in [0.1, 0.15) is 11.6 Å². The molecule has 1 N–H and O–H groups in total. The van der Waals surface area contributed by atoms with Crippen LogP contribution in [0.25, 0.3) is 0 Å². The van der Waals surface area contributed by atoms with E-state index in [2.05, 4.69) is 39.0 Å². The molecule has 2 heterocycles. The minimum Gasteiger partial charge on any atom is -0.338 e. The van der Waals surface area contributed by atoms with E-state index in [1.807, 2.05) is 32.6 Å². The molecule has 156 valence electrons. The van der Waals surface area contributed by atoms with Crippen LogP contribution in [0.3, 0.4) is 0 Å². The van der Waals surface area contributed by atoms with Crippen molar-refractivity contribution < 1.29 is 4.79 Å². The maximum atomic E-state index is 13.0. The lowest BCUT2D eigenvalue weighted by Crippen LogP contribution is -2.70. The number of anilines is 1. The topological polar surface area (TPSA) is 74.2 Å². The highest BCUT2D eigenvalue weighted by molar-refractivity contribution is 5.86. The summed E-state index contributed by atoms with van der Waals surface area (Å²) in [4.78, 5) is 30.9. The number of carbonyl (C=O) groups is 1. The van der Waals surface area contributed by atoms with Gasteiger partial charge in [0, 0.05) is 31.2 Å². The lowest BCUT2D eigenvalue weighted by molar-refractivity contribution is -0.143. The molecule has 0 unspecified atom stereocenters. The normalized spacial score (nSPS) is 22.4. The van der Waals surface area contributed by atoms with Gasteiger partial charge in [-0.2, -0.15) is 9.97 Å². The van der Waals surface area contributed by atoms with Crippen LogP contribution in [0.4, 0.5) is 5.95 Å². The van der Waals surface area contributed by atoms with Crippen molar-refractivity contribution in [1.82, 2.24) is 25.2 Å². The van der Waals surface area contributed by atoms with E-state index in [1.165, 1.54) is 19.3 Å². The number of nitrogens with zero attached hydrogens (tertiary/aromatic N) is 5. The van der Waals surface area contributed by atoms with Crippen molar-refractivity contribution in [1.29, 1.82) is 0 Å². The summed E-state index contributed by atoms with van der Waals surface area (Å²) >= 11 is 0. The number of hydrogen-bond acceptors (Lipinski definition) is 6. The molecule has 1 amide bonds. The Morgan fingerprint density at radius 2 is 1.64 bits per heavy atom. The lowest BCUT2D eigenvalue weighted by Gasteiger charge is -2.48. The number of nitrogens with one attached hydrogen (secondary N) is 1. The largest absolute Gasteiger partial charge is 0.338 e. The zero-order chi connectivity index (χ0) is 20.5. The lowest BCUT2D eigenvalue weighted by atomic mass is 9.90. The average Bonchev–Trinajstić information content (AvgIpc) is 2.58. The summed E-state index contributed by atoms with van der Waals surface area (Å²) in [6.45, 7) is 14.3. The molecule has 0 spiro atoms. The van der Waals surface area contributed by atoms with Gasteiger partial charge < -0.3 is 9.80 Å². The third-order valence-electron chi connectivity index (χ3n) is 5.79. The molecule has 1 aliphatic carbocycles. The second kappa shape index (κ2) is 7.93. The maximum Gasteiger partial charge on any atom is 0.242 e. The molecule has 1 saturated heterocycles. The van der Waals surface area contributed by atoms with Crippen LogP contribution in [0.2, 0.25) is 0 Å². The van der Waals surface area contributed by atoms with Crippen LogP contribution in [0.1, 0.15) is 71.4 Å². The summed E-state index contributed by atoms with van der Waals surface area (Å²) in [5, 5.41) is 3.47. The number of hydrogen-bond donors (Lipinski definition) is 1. The molecule has 1 aliphatic heterocycles. The number of aryl methyl sites for hydroxylation is 2. The minimum atomic E-state index is -0.544. The fraction of sp³-hybridized carbons (Fsp3) is 0.810. The highest BCUT2D eigenvalue weighted by atomic mass is 16.2. The number of aromatic nitrogens is 3. The van der Waals surface area contributed by atoms with Crippen LogP contribution in [-0.2, 0) is 4.79 Å². The minimum absolute atomic E-state index is 0.104. The van der Waals surface area contributed by atoms with E-state index < -0.39 is 5.54 Å². The van der Waals surface area contributed by atoms with Crippen LogP contribution in [0.5, 0.6) is 0 Å². The van der Waals surface area contributed by atoms with Crippen LogP contribution in [0, 0.1) is 13.8 Å². The number of rotatable bonds is 5. The molecule has 7 heteroatoms. The molecule has 1 aromatic heterocycles. The van der Waals surface area contributed by atoms with Crippen molar-refractivity contribution in [2.45, 2.75) is 90.8 Å². The van der Waals surface area contributed by atoms with Gasteiger partial charge >= 0.3 is 0 Å². The smallest absolute Gasteiger partial charge is 0.242 e. The fourth-order valence-electron chi connectivity index (χ4n) is 4.86. The number of amides is 1. The molecule has 0 atom stereocenters. The van der Waals surface area contributed by atoms with Crippen LogP contribution >= 0.6 is 0 Å². The van der Waals surface area contributed by atoms with Gasteiger partial charge in [0.15, 0.2) is 0 Å². The van der Waals surface area contributed by atoms with E-state index in [0.717, 1.165) is 37.0 Å². The molecule has 0 bridgehead atoms. The van der Waals surface area contributed by atoms with Crippen molar-refractivity contribution in [2.24, 2.45) is 0 Å². The number of piperazine rings is 1. The van der Waals surface area contributed by atoms with Crippen molar-refractivity contribution in [2.75, 3.05) is 24.5 Å². The summed E-state index contributed by atoms with van der Waals surface area (Å²) < 4.78 is 0. The summed E-state index contributed by atoms with van der Waals surface area (Å²) in [6, 6.07) is 0.439. The third-order valence-corrected chi connectivity index (χ3v) is 5.79. The van der Waals surface area contributed by atoms with Gasteiger partial charge in [-0.05, 0) is 54.4 Å². The predicted molar refractivity (Wildman–Crippen MR) is 111 cm³/mol. The first-order valence-electron chi connectivity index (χ1n) is 10.6. The summed E-state index contributed by atoms with van der Waals surface area (Å²) in [5.41, 5.74) is -0.648. The Labute approximate surface area is 169 Å². The molecule has 3 rings (SSSR count). The van der Waals surface area contributed by atoms with E-state index >= 15 is 0 Å². The zero-order valence-electron chi connectivity index (χ0n) is 18.4. The molecule has 0 radical (unpaired) electrons. The van der Waals surface area contributed by atoms with E-state index in [0.29, 0.717) is 19.1 Å². The van der Waals surface area contributed by atoms with Gasteiger partial charge in [-0.25, -0.2) is 4.98 Å². The standard InChI is InChI=1S/C21H36N6O/c1-15-22-16(2)24-19(23-15)27(17-10-8-7-9-11-17)13-12-26-14-20(3,4)25-21(5,6)18(26)28/h17,25H,7-14H2,1-6H3. The Morgan fingerprint density at radius 1 is 1.04 bits per heavy atom. The first-order valence-corrected chi connectivity index (χ1v) is 10.6. The van der Waals surface area contributed by atoms with Gasteiger partial charge in [0.2, 0.25) is 11.9 Å². The van der Waals surface area contributed by atoms with Gasteiger partial charge in [-0.1, -0.05) is 19.3 Å². The SMILES string of the molecule is Cc1nc(C)nc(N(CCN2CC(C)(C)NC(C)(C)C2=O)C2CCCCC2)n1. The van der Waals surface area contributed by atoms with Gasteiger partial charge in [-0.3, -0.25) is 10.1 Å². The van der Waals surface area contributed by atoms with Crippen LogP contribution < -0.4 is 10.2 Å². The average molecular weight is 389 g/mol. The van der Waals surface area contributed by atoms with Crippen molar-refractivity contribution >= 4 is 11.9 Å². The van der Waals surface area contributed by atoms with E-state index in [9.17, 15) is 4.79 Å². The van der Waals surface area contributed by atoms with E-state index in [4.69, 9.17) is 0 Å². The molecule has 1 aromatic rings. The highest BCUT2D eigenvalue weighted by Gasteiger charge is 2.43. The zero-order valence-corrected chi connectivity index (χ0v) is 18.4. The summed E-state index contributed by atoms with van der Waals surface area (Å²) in [6.07, 6.45) is 6.12. The molecule has 2 fully saturated rings. The Balaban J connectivity index is 1.80.